The molecule has 0 bridgehead atoms. The molecule has 0 fully saturated rings. The Morgan fingerprint density at radius 2 is 2.05 bits per heavy atom. The van der Waals surface area contributed by atoms with Gasteiger partial charge in [-0.1, -0.05) is 11.2 Å². The standard InChI is InChI=1S/C14H11F2N3O2S/c15-14(16)20-10-5-3-9(4-6-10)17-8-12-18-13(19-21-12)11-2-1-7-22-11/h1-7,14,17H,8H2. The van der Waals surface area contributed by atoms with Crippen LogP contribution in [-0.2, 0) is 6.54 Å². The molecule has 2 aromatic heterocycles. The van der Waals surface area contributed by atoms with Crippen molar-refractivity contribution in [3.05, 3.63) is 47.7 Å². The van der Waals surface area contributed by atoms with Crippen LogP contribution in [0.1, 0.15) is 5.89 Å². The monoisotopic (exact) mass is 323 g/mol. The highest BCUT2D eigenvalue weighted by Crippen LogP contribution is 2.22. The molecular weight excluding hydrogens is 312 g/mol. The molecule has 2 heterocycles. The number of aromatic nitrogens is 2. The van der Waals surface area contributed by atoms with E-state index in [0.717, 1.165) is 10.6 Å². The molecule has 0 spiro atoms. The summed E-state index contributed by atoms with van der Waals surface area (Å²) in [5.41, 5.74) is 0.734. The van der Waals surface area contributed by atoms with Crippen molar-refractivity contribution in [1.29, 1.82) is 0 Å². The summed E-state index contributed by atoms with van der Waals surface area (Å²) >= 11 is 1.53. The second-order valence-electron chi connectivity index (χ2n) is 4.25. The van der Waals surface area contributed by atoms with E-state index < -0.39 is 6.61 Å². The Kier molecular flexibility index (Phi) is 4.29. The molecular formula is C14H11F2N3O2S. The molecule has 0 aliphatic rings. The zero-order chi connectivity index (χ0) is 15.4. The van der Waals surface area contributed by atoms with Crippen molar-refractivity contribution in [3.8, 4) is 16.5 Å². The van der Waals surface area contributed by atoms with Gasteiger partial charge in [-0.3, -0.25) is 0 Å². The molecule has 0 radical (unpaired) electrons. The third kappa shape index (κ3) is 3.59. The number of alkyl halides is 2. The second-order valence-corrected chi connectivity index (χ2v) is 5.19. The fourth-order valence-corrected chi connectivity index (χ4v) is 2.41. The Labute approximate surface area is 128 Å². The van der Waals surface area contributed by atoms with Gasteiger partial charge in [0.25, 0.3) is 0 Å². The van der Waals surface area contributed by atoms with Gasteiger partial charge in [-0.2, -0.15) is 13.8 Å². The predicted molar refractivity (Wildman–Crippen MR) is 78.0 cm³/mol. The molecule has 0 aliphatic heterocycles. The van der Waals surface area contributed by atoms with Crippen molar-refractivity contribution >= 4 is 17.0 Å². The molecule has 22 heavy (non-hydrogen) atoms. The summed E-state index contributed by atoms with van der Waals surface area (Å²) in [6, 6.07) is 10.0. The smallest absolute Gasteiger partial charge is 0.387 e. The van der Waals surface area contributed by atoms with E-state index in [9.17, 15) is 8.78 Å². The Balaban J connectivity index is 1.58. The van der Waals surface area contributed by atoms with Gasteiger partial charge in [-0.15, -0.1) is 11.3 Å². The average Bonchev–Trinajstić information content (AvgIpc) is 3.17. The SMILES string of the molecule is FC(F)Oc1ccc(NCc2nc(-c3cccs3)no2)cc1. The van der Waals surface area contributed by atoms with Crippen LogP contribution >= 0.6 is 11.3 Å². The van der Waals surface area contributed by atoms with E-state index in [2.05, 4.69) is 20.2 Å². The molecule has 1 N–H and O–H groups in total. The molecule has 5 nitrogen and oxygen atoms in total. The van der Waals surface area contributed by atoms with Crippen LogP contribution in [0, 0.1) is 0 Å². The van der Waals surface area contributed by atoms with Crippen LogP contribution in [0.15, 0.2) is 46.3 Å². The van der Waals surface area contributed by atoms with Crippen LogP contribution in [0.5, 0.6) is 5.75 Å². The lowest BCUT2D eigenvalue weighted by molar-refractivity contribution is -0.0498. The van der Waals surface area contributed by atoms with Gasteiger partial charge in [0.1, 0.15) is 5.75 Å². The Morgan fingerprint density at radius 3 is 2.73 bits per heavy atom. The van der Waals surface area contributed by atoms with Crippen molar-refractivity contribution in [3.63, 3.8) is 0 Å². The lowest BCUT2D eigenvalue weighted by Crippen LogP contribution is -2.02. The van der Waals surface area contributed by atoms with E-state index in [4.69, 9.17) is 4.52 Å². The van der Waals surface area contributed by atoms with Gasteiger partial charge in [-0.25, -0.2) is 0 Å². The average molecular weight is 323 g/mol. The van der Waals surface area contributed by atoms with Crippen LogP contribution in [-0.4, -0.2) is 16.8 Å². The number of hydrogen-bond donors (Lipinski definition) is 1. The Morgan fingerprint density at radius 1 is 1.23 bits per heavy atom. The number of thiophene rings is 1. The van der Waals surface area contributed by atoms with Crippen molar-refractivity contribution in [1.82, 2.24) is 10.1 Å². The largest absolute Gasteiger partial charge is 0.435 e. The third-order valence-electron chi connectivity index (χ3n) is 2.73. The van der Waals surface area contributed by atoms with Crippen molar-refractivity contribution in [2.24, 2.45) is 0 Å². The Hall–Kier alpha value is -2.48. The number of rotatable bonds is 6. The molecule has 0 amide bonds. The van der Waals surface area contributed by atoms with E-state index in [1.165, 1.54) is 23.5 Å². The highest BCUT2D eigenvalue weighted by molar-refractivity contribution is 7.13. The number of nitrogens with one attached hydrogen (secondary N) is 1. The van der Waals surface area contributed by atoms with Crippen molar-refractivity contribution < 1.29 is 18.0 Å². The third-order valence-corrected chi connectivity index (χ3v) is 3.60. The summed E-state index contributed by atoms with van der Waals surface area (Å²) in [5, 5.41) is 8.90. The molecule has 0 aliphatic carbocycles. The maximum Gasteiger partial charge on any atom is 0.387 e. The van der Waals surface area contributed by atoms with Gasteiger partial charge in [0.15, 0.2) is 0 Å². The van der Waals surface area contributed by atoms with Gasteiger partial charge >= 0.3 is 6.61 Å². The second kappa shape index (κ2) is 6.52. The first-order chi connectivity index (χ1) is 10.7. The molecule has 0 saturated carbocycles. The number of nitrogens with zero attached hydrogens (tertiary/aromatic N) is 2. The van der Waals surface area contributed by atoms with Gasteiger partial charge in [0.05, 0.1) is 11.4 Å². The first-order valence-corrected chi connectivity index (χ1v) is 7.24. The summed E-state index contributed by atoms with van der Waals surface area (Å²) in [5.74, 6) is 1.10. The lowest BCUT2D eigenvalue weighted by Gasteiger charge is -2.06. The van der Waals surface area contributed by atoms with Crippen molar-refractivity contribution in [2.45, 2.75) is 13.2 Å². The molecule has 1 aromatic carbocycles. The van der Waals surface area contributed by atoms with Gasteiger partial charge in [0, 0.05) is 5.69 Å². The fraction of sp³-hybridized carbons (Fsp3) is 0.143. The molecule has 3 rings (SSSR count). The number of benzene rings is 1. The number of hydrogen-bond acceptors (Lipinski definition) is 6. The number of ether oxygens (including phenoxy) is 1. The minimum atomic E-state index is -2.83. The quantitative estimate of drug-likeness (QED) is 0.742. The van der Waals surface area contributed by atoms with E-state index in [1.807, 2.05) is 17.5 Å². The first kappa shape index (κ1) is 14.5. The molecule has 114 valence electrons. The molecule has 0 saturated heterocycles. The summed E-state index contributed by atoms with van der Waals surface area (Å²) < 4.78 is 33.5. The van der Waals surface area contributed by atoms with Gasteiger partial charge in [0.2, 0.25) is 11.7 Å². The maximum atomic E-state index is 12.0. The highest BCUT2D eigenvalue weighted by atomic mass is 32.1. The summed E-state index contributed by atoms with van der Waals surface area (Å²) in [4.78, 5) is 5.20. The van der Waals surface area contributed by atoms with Crippen LogP contribution in [0.3, 0.4) is 0 Å². The van der Waals surface area contributed by atoms with E-state index >= 15 is 0 Å². The Bertz CT molecular complexity index is 714. The zero-order valence-corrected chi connectivity index (χ0v) is 12.0. The minimum Gasteiger partial charge on any atom is -0.435 e. The van der Waals surface area contributed by atoms with Crippen LogP contribution < -0.4 is 10.1 Å². The summed E-state index contributed by atoms with van der Waals surface area (Å²) in [7, 11) is 0. The predicted octanol–water partition coefficient (Wildman–Crippen LogP) is 4.01. The molecule has 0 atom stereocenters. The number of anilines is 1. The van der Waals surface area contributed by atoms with Gasteiger partial charge in [-0.05, 0) is 35.7 Å². The van der Waals surface area contributed by atoms with Gasteiger partial charge < -0.3 is 14.6 Å². The topological polar surface area (TPSA) is 60.2 Å². The highest BCUT2D eigenvalue weighted by Gasteiger charge is 2.09. The van der Waals surface area contributed by atoms with Crippen LogP contribution in [0.4, 0.5) is 14.5 Å². The summed E-state index contributed by atoms with van der Waals surface area (Å²) in [6.07, 6.45) is 0. The summed E-state index contributed by atoms with van der Waals surface area (Å²) in [6.45, 7) is -2.49. The van der Waals surface area contributed by atoms with E-state index in [0.29, 0.717) is 18.3 Å². The lowest BCUT2D eigenvalue weighted by atomic mass is 10.3. The van der Waals surface area contributed by atoms with E-state index in [-0.39, 0.29) is 5.75 Å². The first-order valence-electron chi connectivity index (χ1n) is 6.36. The van der Waals surface area contributed by atoms with E-state index in [1.54, 1.807) is 12.1 Å². The zero-order valence-electron chi connectivity index (χ0n) is 11.2. The van der Waals surface area contributed by atoms with Crippen molar-refractivity contribution in [2.75, 3.05) is 5.32 Å². The molecule has 3 aromatic rings. The molecule has 8 heteroatoms. The normalized spacial score (nSPS) is 10.9. The molecule has 0 unspecified atom stereocenters. The maximum absolute atomic E-state index is 12.0. The number of halogens is 2. The minimum absolute atomic E-state index is 0.110. The fourth-order valence-electron chi connectivity index (χ4n) is 1.76. The van der Waals surface area contributed by atoms with Crippen LogP contribution in [0.25, 0.3) is 10.7 Å². The van der Waals surface area contributed by atoms with Crippen LogP contribution in [0.2, 0.25) is 0 Å².